The van der Waals surface area contributed by atoms with Gasteiger partial charge in [0, 0.05) is 24.0 Å². The zero-order chi connectivity index (χ0) is 10.5. The van der Waals surface area contributed by atoms with Crippen LogP contribution in [-0.4, -0.2) is 18.7 Å². The number of benzene rings is 1. The molecule has 1 aromatic carbocycles. The molecule has 1 fully saturated rings. The molecule has 16 heavy (non-hydrogen) atoms. The summed E-state index contributed by atoms with van der Waals surface area (Å²) in [6.07, 6.45) is 0. The van der Waals surface area contributed by atoms with E-state index in [4.69, 9.17) is 16.3 Å². The number of ether oxygens (including phenoxy) is 1. The molecule has 2 nitrogen and oxygen atoms in total. The molecule has 2 aliphatic rings. The van der Waals surface area contributed by atoms with Crippen LogP contribution in [0.5, 0.6) is 0 Å². The number of nitrogens with one attached hydrogen (secondary N) is 1. The van der Waals surface area contributed by atoms with Gasteiger partial charge < -0.3 is 10.1 Å². The van der Waals surface area contributed by atoms with E-state index in [9.17, 15) is 0 Å². The normalized spacial score (nSPS) is 31.5. The van der Waals surface area contributed by atoms with Gasteiger partial charge in [0.25, 0.3) is 0 Å². The van der Waals surface area contributed by atoms with Crippen LogP contribution in [0, 0.1) is 0 Å². The molecule has 2 atom stereocenters. The molecule has 2 unspecified atom stereocenters. The van der Waals surface area contributed by atoms with Crippen molar-refractivity contribution < 1.29 is 4.74 Å². The first-order valence-corrected chi connectivity index (χ1v) is 5.70. The summed E-state index contributed by atoms with van der Waals surface area (Å²) in [6.45, 7) is 4.75. The fraction of sp³-hybridized carbons (Fsp3) is 0.500. The van der Waals surface area contributed by atoms with Gasteiger partial charge in [0.05, 0.1) is 12.2 Å². The molecule has 0 aliphatic carbocycles. The van der Waals surface area contributed by atoms with Crippen LogP contribution in [-0.2, 0) is 11.3 Å². The molecule has 3 rings (SSSR count). The third-order valence-corrected chi connectivity index (χ3v) is 3.99. The lowest BCUT2D eigenvalue weighted by Crippen LogP contribution is -2.39. The zero-order valence-electron chi connectivity index (χ0n) is 9.13. The molecule has 0 saturated carbocycles. The highest BCUT2D eigenvalue weighted by atomic mass is 35.5. The van der Waals surface area contributed by atoms with Gasteiger partial charge in [0.1, 0.15) is 0 Å². The van der Waals surface area contributed by atoms with Gasteiger partial charge in [-0.25, -0.2) is 0 Å². The molecule has 1 aromatic rings. The van der Waals surface area contributed by atoms with Gasteiger partial charge in [-0.3, -0.25) is 0 Å². The van der Waals surface area contributed by atoms with Gasteiger partial charge >= 0.3 is 0 Å². The van der Waals surface area contributed by atoms with Crippen LogP contribution in [0.4, 0.5) is 0 Å². The summed E-state index contributed by atoms with van der Waals surface area (Å²) < 4.78 is 5.95. The standard InChI is InChI=1S/C12H14ClNO.ClH/c1-12-7-14-5-10(12)8-3-2-4-11(13)9(8)6-15-12;/h2-4,10,14H,5-7H2,1H3;1H. The quantitative estimate of drug-likeness (QED) is 0.774. The molecule has 0 aromatic heterocycles. The molecule has 0 bridgehead atoms. The SMILES string of the molecule is CC12CNCC1c1cccc(Cl)c1CO2.Cl. The van der Waals surface area contributed by atoms with E-state index in [0.717, 1.165) is 18.1 Å². The van der Waals surface area contributed by atoms with Gasteiger partial charge in [-0.15, -0.1) is 12.4 Å². The Hall–Kier alpha value is -0.280. The van der Waals surface area contributed by atoms with Crippen LogP contribution in [0.3, 0.4) is 0 Å². The molecule has 2 heterocycles. The number of fused-ring (bicyclic) bond motifs is 3. The first-order valence-electron chi connectivity index (χ1n) is 5.33. The summed E-state index contributed by atoms with van der Waals surface area (Å²) in [5, 5.41) is 4.23. The van der Waals surface area contributed by atoms with E-state index in [-0.39, 0.29) is 18.0 Å². The highest BCUT2D eigenvalue weighted by molar-refractivity contribution is 6.31. The first-order chi connectivity index (χ1) is 7.21. The maximum absolute atomic E-state index is 6.18. The van der Waals surface area contributed by atoms with Crippen LogP contribution < -0.4 is 5.32 Å². The van der Waals surface area contributed by atoms with Crippen LogP contribution >= 0.6 is 24.0 Å². The average molecular weight is 260 g/mol. The lowest BCUT2D eigenvalue weighted by molar-refractivity contribution is -0.0517. The average Bonchev–Trinajstić information content (AvgIpc) is 2.60. The third kappa shape index (κ3) is 1.65. The minimum absolute atomic E-state index is 0. The van der Waals surface area contributed by atoms with E-state index < -0.39 is 0 Å². The zero-order valence-corrected chi connectivity index (χ0v) is 10.7. The Morgan fingerprint density at radius 2 is 2.31 bits per heavy atom. The van der Waals surface area contributed by atoms with Crippen molar-refractivity contribution in [1.82, 2.24) is 5.32 Å². The fourth-order valence-corrected chi connectivity index (χ4v) is 2.92. The predicted molar refractivity (Wildman–Crippen MR) is 67.5 cm³/mol. The van der Waals surface area contributed by atoms with Crippen molar-refractivity contribution in [3.8, 4) is 0 Å². The molecular weight excluding hydrogens is 245 g/mol. The summed E-state index contributed by atoms with van der Waals surface area (Å²) in [6, 6.07) is 6.15. The third-order valence-electron chi connectivity index (χ3n) is 3.64. The molecular formula is C12H15Cl2NO. The second-order valence-electron chi connectivity index (χ2n) is 4.59. The minimum atomic E-state index is -0.0440. The molecule has 1 N–H and O–H groups in total. The van der Waals surface area contributed by atoms with E-state index >= 15 is 0 Å². The second-order valence-corrected chi connectivity index (χ2v) is 5.00. The molecule has 1 saturated heterocycles. The monoisotopic (exact) mass is 259 g/mol. The number of rotatable bonds is 0. The number of hydrogen-bond donors (Lipinski definition) is 1. The molecule has 0 radical (unpaired) electrons. The maximum atomic E-state index is 6.18. The first kappa shape index (κ1) is 12.2. The summed E-state index contributed by atoms with van der Waals surface area (Å²) in [4.78, 5) is 0. The number of hydrogen-bond acceptors (Lipinski definition) is 2. The van der Waals surface area contributed by atoms with E-state index in [2.05, 4.69) is 18.3 Å². The molecule has 88 valence electrons. The van der Waals surface area contributed by atoms with Crippen molar-refractivity contribution >= 4 is 24.0 Å². The van der Waals surface area contributed by atoms with Crippen LogP contribution in [0.15, 0.2) is 18.2 Å². The van der Waals surface area contributed by atoms with Crippen molar-refractivity contribution in [2.24, 2.45) is 0 Å². The molecule has 2 aliphatic heterocycles. The fourth-order valence-electron chi connectivity index (χ4n) is 2.69. The van der Waals surface area contributed by atoms with E-state index in [1.165, 1.54) is 11.1 Å². The maximum Gasteiger partial charge on any atom is 0.0863 e. The Morgan fingerprint density at radius 1 is 1.50 bits per heavy atom. The van der Waals surface area contributed by atoms with Gasteiger partial charge in [-0.1, -0.05) is 23.7 Å². The Labute approximate surface area is 107 Å². The van der Waals surface area contributed by atoms with Gasteiger partial charge in [0.15, 0.2) is 0 Å². The van der Waals surface area contributed by atoms with Crippen molar-refractivity contribution in [1.29, 1.82) is 0 Å². The highest BCUT2D eigenvalue weighted by Gasteiger charge is 2.44. The van der Waals surface area contributed by atoms with Crippen molar-refractivity contribution in [3.05, 3.63) is 34.3 Å². The lowest BCUT2D eigenvalue weighted by atomic mass is 9.81. The van der Waals surface area contributed by atoms with E-state index in [1.54, 1.807) is 0 Å². The summed E-state index contributed by atoms with van der Waals surface area (Å²) >= 11 is 6.18. The minimum Gasteiger partial charge on any atom is -0.369 e. The summed E-state index contributed by atoms with van der Waals surface area (Å²) in [5.41, 5.74) is 2.49. The molecule has 0 spiro atoms. The van der Waals surface area contributed by atoms with Crippen LogP contribution in [0.2, 0.25) is 5.02 Å². The van der Waals surface area contributed by atoms with Crippen molar-refractivity contribution in [2.45, 2.75) is 25.0 Å². The Bertz CT molecular complexity index is 410. The Balaban J connectivity index is 0.000000963. The molecule has 4 heteroatoms. The topological polar surface area (TPSA) is 21.3 Å². The lowest BCUT2D eigenvalue weighted by Gasteiger charge is -2.37. The second kappa shape index (κ2) is 4.19. The Kier molecular flexibility index (Phi) is 3.19. The van der Waals surface area contributed by atoms with E-state index in [0.29, 0.717) is 12.5 Å². The van der Waals surface area contributed by atoms with Crippen LogP contribution in [0.25, 0.3) is 0 Å². The molecule has 0 amide bonds. The van der Waals surface area contributed by atoms with Crippen LogP contribution in [0.1, 0.15) is 24.0 Å². The Morgan fingerprint density at radius 3 is 3.12 bits per heavy atom. The van der Waals surface area contributed by atoms with E-state index in [1.807, 2.05) is 12.1 Å². The van der Waals surface area contributed by atoms with Gasteiger partial charge in [-0.05, 0) is 24.1 Å². The van der Waals surface area contributed by atoms with Crippen molar-refractivity contribution in [3.63, 3.8) is 0 Å². The highest BCUT2D eigenvalue weighted by Crippen LogP contribution is 2.42. The summed E-state index contributed by atoms with van der Waals surface area (Å²) in [5.74, 6) is 0.444. The van der Waals surface area contributed by atoms with Crippen molar-refractivity contribution in [2.75, 3.05) is 13.1 Å². The predicted octanol–water partition coefficient (Wildman–Crippen LogP) is 2.74. The smallest absolute Gasteiger partial charge is 0.0863 e. The van der Waals surface area contributed by atoms with Gasteiger partial charge in [0.2, 0.25) is 0 Å². The summed E-state index contributed by atoms with van der Waals surface area (Å²) in [7, 11) is 0. The number of halogens is 2. The van der Waals surface area contributed by atoms with Gasteiger partial charge in [-0.2, -0.15) is 0 Å². The largest absolute Gasteiger partial charge is 0.369 e.